The summed E-state index contributed by atoms with van der Waals surface area (Å²) in [5.41, 5.74) is 0.987. The fraction of sp³-hybridized carbons (Fsp3) is 0.250. The lowest BCUT2D eigenvalue weighted by atomic mass is 9.94. The van der Waals surface area contributed by atoms with Gasteiger partial charge in [0.25, 0.3) is 27.8 Å². The molecule has 4 rings (SSSR count). The molecular weight excluding hydrogens is 492 g/mol. The van der Waals surface area contributed by atoms with E-state index < -0.39 is 64.7 Å². The highest BCUT2D eigenvalue weighted by atomic mass is 32.2. The Labute approximate surface area is 206 Å². The number of carbonyl (C=O) groups is 4. The van der Waals surface area contributed by atoms with Crippen molar-refractivity contribution in [2.24, 2.45) is 0 Å². The van der Waals surface area contributed by atoms with Crippen molar-refractivity contribution in [3.63, 3.8) is 0 Å². The number of hydrogen-bond acceptors (Lipinski definition) is 9. The van der Waals surface area contributed by atoms with Crippen LogP contribution in [0.2, 0.25) is 0 Å². The number of hydrogen-bond donors (Lipinski definition) is 1. The molecule has 0 spiro atoms. The molecule has 1 fully saturated rings. The van der Waals surface area contributed by atoms with Crippen molar-refractivity contribution in [1.29, 1.82) is 0 Å². The number of β-lactam (4-membered cyclic amide) rings is 1. The Kier molecular flexibility index (Phi) is 6.91. The molecule has 0 aromatic heterocycles. The van der Waals surface area contributed by atoms with E-state index in [2.05, 4.69) is 0 Å². The first-order chi connectivity index (χ1) is 17.1. The number of aliphatic hydroxyl groups excluding tert-OH is 1. The van der Waals surface area contributed by atoms with Crippen molar-refractivity contribution in [3.05, 3.63) is 83.2 Å². The van der Waals surface area contributed by atoms with Crippen molar-refractivity contribution < 1.29 is 41.6 Å². The second kappa shape index (κ2) is 9.91. The van der Waals surface area contributed by atoms with Gasteiger partial charge in [-0.05, 0) is 17.7 Å². The van der Waals surface area contributed by atoms with Gasteiger partial charge in [-0.25, -0.2) is 0 Å². The second-order valence-corrected chi connectivity index (χ2v) is 9.86. The first-order valence-electron chi connectivity index (χ1n) is 10.8. The van der Waals surface area contributed by atoms with Gasteiger partial charge in [0.1, 0.15) is 24.8 Å². The van der Waals surface area contributed by atoms with E-state index in [0.717, 1.165) is 27.8 Å². The third-order valence-electron chi connectivity index (χ3n) is 5.64. The number of carbonyl (C=O) groups excluding carboxylic acids is 4. The number of ether oxygens (including phenoxy) is 1. The lowest BCUT2D eigenvalue weighted by Crippen LogP contribution is -2.71. The van der Waals surface area contributed by atoms with Crippen LogP contribution in [0.5, 0.6) is 0 Å². The largest absolute Gasteiger partial charge is 0.510 e. The van der Waals surface area contributed by atoms with Crippen LogP contribution in [-0.2, 0) is 35.2 Å². The molecule has 0 bridgehead atoms. The zero-order valence-corrected chi connectivity index (χ0v) is 19.9. The summed E-state index contributed by atoms with van der Waals surface area (Å²) in [4.78, 5) is 52.4. The number of benzene rings is 2. The summed E-state index contributed by atoms with van der Waals surface area (Å²) in [6.45, 7) is -0.590. The molecule has 2 aromatic rings. The number of fused-ring (bicyclic) bond motifs is 1. The van der Waals surface area contributed by atoms with Crippen molar-refractivity contribution in [2.45, 2.75) is 25.1 Å². The molecular formula is C24H22N2O9S. The maximum Gasteiger partial charge on any atom is 0.313 e. The predicted octanol–water partition coefficient (Wildman–Crippen LogP) is 1.37. The maximum atomic E-state index is 13.0. The molecule has 2 aliphatic rings. The summed E-state index contributed by atoms with van der Waals surface area (Å²) in [6, 6.07) is 12.5. The Bertz CT molecular complexity index is 1320. The average Bonchev–Trinajstić information content (AvgIpc) is 3.08. The Balaban J connectivity index is 1.49. The van der Waals surface area contributed by atoms with Gasteiger partial charge < -0.3 is 14.7 Å². The predicted molar refractivity (Wildman–Crippen MR) is 124 cm³/mol. The molecule has 3 amide bonds. The van der Waals surface area contributed by atoms with E-state index in [0.29, 0.717) is 0 Å². The van der Waals surface area contributed by atoms with Crippen LogP contribution in [0, 0.1) is 0 Å². The second-order valence-electron chi connectivity index (χ2n) is 8.22. The van der Waals surface area contributed by atoms with E-state index in [4.69, 9.17) is 8.92 Å². The third-order valence-corrected chi connectivity index (χ3v) is 6.21. The van der Waals surface area contributed by atoms with Crippen LogP contribution >= 0.6 is 0 Å². The van der Waals surface area contributed by atoms with Crippen LogP contribution in [0.3, 0.4) is 0 Å². The highest BCUT2D eigenvalue weighted by Gasteiger charge is 2.56. The normalized spacial score (nSPS) is 19.8. The van der Waals surface area contributed by atoms with Gasteiger partial charge in [-0.15, -0.1) is 0 Å². The van der Waals surface area contributed by atoms with Gasteiger partial charge in [-0.2, -0.15) is 8.42 Å². The van der Waals surface area contributed by atoms with Gasteiger partial charge in [0, 0.05) is 6.20 Å². The fourth-order valence-electron chi connectivity index (χ4n) is 3.96. The van der Waals surface area contributed by atoms with Gasteiger partial charge in [0.2, 0.25) is 0 Å². The highest BCUT2D eigenvalue weighted by Crippen LogP contribution is 2.33. The van der Waals surface area contributed by atoms with Crippen molar-refractivity contribution in [3.8, 4) is 0 Å². The minimum absolute atomic E-state index is 0.0117. The molecule has 2 unspecified atom stereocenters. The van der Waals surface area contributed by atoms with Gasteiger partial charge in [0.15, 0.2) is 0 Å². The summed E-state index contributed by atoms with van der Waals surface area (Å²) in [7, 11) is -3.93. The SMILES string of the molecule is CS(=O)(=O)OCC1C(N2C(=O)c3ccccc3C2=O)C(=O)N1C=C(O)CC(=O)OCc1ccccc1. The molecule has 1 saturated heterocycles. The molecule has 2 atom stereocenters. The van der Waals surface area contributed by atoms with Gasteiger partial charge in [-0.1, -0.05) is 42.5 Å². The van der Waals surface area contributed by atoms with Crippen molar-refractivity contribution in [2.75, 3.05) is 12.9 Å². The van der Waals surface area contributed by atoms with Crippen LogP contribution in [-0.4, -0.2) is 72.0 Å². The molecule has 36 heavy (non-hydrogen) atoms. The summed E-state index contributed by atoms with van der Waals surface area (Å²) < 4.78 is 33.0. The highest BCUT2D eigenvalue weighted by molar-refractivity contribution is 7.85. The fourth-order valence-corrected chi connectivity index (χ4v) is 4.35. The lowest BCUT2D eigenvalue weighted by Gasteiger charge is -2.47. The molecule has 2 aromatic carbocycles. The van der Waals surface area contributed by atoms with Crippen molar-refractivity contribution >= 4 is 33.8 Å². The standard InChI is InChI=1S/C24H22N2O9S/c1-36(32,33)35-14-19-21(26-22(29)17-9-5-6-10-18(17)23(26)30)24(31)25(19)12-16(27)11-20(28)34-13-15-7-3-2-4-8-15/h2-10,12,19,21,27H,11,13-14H2,1H3. The number of rotatable bonds is 9. The molecule has 11 nitrogen and oxygen atoms in total. The monoisotopic (exact) mass is 514 g/mol. The molecule has 0 saturated carbocycles. The molecule has 2 heterocycles. The van der Waals surface area contributed by atoms with Gasteiger partial charge in [0.05, 0.1) is 30.0 Å². The summed E-state index contributed by atoms with van der Waals surface area (Å²) in [6.07, 6.45) is 1.19. The Morgan fingerprint density at radius 1 is 1.00 bits per heavy atom. The van der Waals surface area contributed by atoms with Crippen molar-refractivity contribution in [1.82, 2.24) is 9.80 Å². The first kappa shape index (κ1) is 25.1. The van der Waals surface area contributed by atoms with Crippen LogP contribution in [0.4, 0.5) is 0 Å². The van der Waals surface area contributed by atoms with E-state index >= 15 is 0 Å². The summed E-state index contributed by atoms with van der Waals surface area (Å²) in [5, 5.41) is 10.3. The molecule has 0 radical (unpaired) electrons. The minimum Gasteiger partial charge on any atom is -0.510 e. The van der Waals surface area contributed by atoms with Gasteiger partial charge in [-0.3, -0.25) is 28.3 Å². The maximum absolute atomic E-state index is 13.0. The van der Waals surface area contributed by atoms with E-state index in [1.54, 1.807) is 36.4 Å². The molecule has 0 aliphatic carbocycles. The smallest absolute Gasteiger partial charge is 0.313 e. The van der Waals surface area contributed by atoms with Crippen LogP contribution < -0.4 is 0 Å². The Morgan fingerprint density at radius 2 is 1.58 bits per heavy atom. The van der Waals surface area contributed by atoms with E-state index in [1.807, 2.05) is 6.07 Å². The number of esters is 1. The number of likely N-dealkylation sites (tertiary alicyclic amines) is 1. The number of nitrogens with zero attached hydrogens (tertiary/aromatic N) is 2. The number of imide groups is 1. The minimum atomic E-state index is -3.93. The average molecular weight is 515 g/mol. The third kappa shape index (κ3) is 5.14. The van der Waals surface area contributed by atoms with E-state index in [1.165, 1.54) is 12.1 Å². The number of amides is 3. The van der Waals surface area contributed by atoms with E-state index in [-0.39, 0.29) is 17.7 Å². The Morgan fingerprint density at radius 3 is 2.17 bits per heavy atom. The summed E-state index contributed by atoms with van der Waals surface area (Å²) >= 11 is 0. The quantitative estimate of drug-likeness (QED) is 0.172. The van der Waals surface area contributed by atoms with Crippen LogP contribution in [0.1, 0.15) is 32.7 Å². The number of aliphatic hydroxyl groups is 1. The van der Waals surface area contributed by atoms with Gasteiger partial charge >= 0.3 is 5.97 Å². The first-order valence-corrected chi connectivity index (χ1v) is 12.6. The zero-order chi connectivity index (χ0) is 26.0. The molecule has 12 heteroatoms. The lowest BCUT2D eigenvalue weighted by molar-refractivity contribution is -0.152. The molecule has 1 N–H and O–H groups in total. The molecule has 188 valence electrons. The van der Waals surface area contributed by atoms with E-state index in [9.17, 15) is 32.7 Å². The zero-order valence-electron chi connectivity index (χ0n) is 19.1. The van der Waals surface area contributed by atoms with Crippen LogP contribution in [0.25, 0.3) is 0 Å². The summed E-state index contributed by atoms with van der Waals surface area (Å²) in [5.74, 6) is -3.45. The van der Waals surface area contributed by atoms with Crippen LogP contribution in [0.15, 0.2) is 66.6 Å². The molecule has 2 aliphatic heterocycles. The topological polar surface area (TPSA) is 148 Å². The Hall–Kier alpha value is -4.03.